The van der Waals surface area contributed by atoms with Gasteiger partial charge in [0.1, 0.15) is 5.82 Å². The smallest absolute Gasteiger partial charge is 0.248 e. The standard InChI is InChI=1S/C22H30N4O/c1-3-17-14-26(11-10-15-6-5-7-18(12-15)21(24)27)22(25-4-2)20(17)19(23)13-16-8-9-16/h5-7,12,14,16,23,25H,3-4,8-11,13H2,1-2H3,(H2,24,27). The fourth-order valence-corrected chi connectivity index (χ4v) is 3.59. The molecule has 0 radical (unpaired) electrons. The van der Waals surface area contributed by atoms with Gasteiger partial charge in [-0.05, 0) is 68.2 Å². The third-order valence-electron chi connectivity index (χ3n) is 5.23. The monoisotopic (exact) mass is 366 g/mol. The van der Waals surface area contributed by atoms with E-state index in [0.717, 1.165) is 55.0 Å². The molecule has 0 unspecified atom stereocenters. The van der Waals surface area contributed by atoms with Crippen molar-refractivity contribution in [3.63, 3.8) is 0 Å². The normalized spacial score (nSPS) is 13.6. The fraction of sp³-hybridized carbons (Fsp3) is 0.455. The van der Waals surface area contributed by atoms with Crippen LogP contribution in [0.1, 0.15) is 60.2 Å². The number of nitrogens with zero attached hydrogens (tertiary/aromatic N) is 1. The van der Waals surface area contributed by atoms with Crippen LogP contribution >= 0.6 is 0 Å². The largest absolute Gasteiger partial charge is 0.371 e. The average Bonchev–Trinajstić information content (AvgIpc) is 3.40. The Labute approximate surface area is 161 Å². The summed E-state index contributed by atoms with van der Waals surface area (Å²) in [7, 11) is 0. The molecule has 1 fully saturated rings. The van der Waals surface area contributed by atoms with Crippen LogP contribution in [0.15, 0.2) is 30.5 Å². The van der Waals surface area contributed by atoms with Crippen molar-refractivity contribution in [2.75, 3.05) is 11.9 Å². The molecule has 144 valence electrons. The van der Waals surface area contributed by atoms with E-state index in [1.54, 1.807) is 6.07 Å². The molecule has 1 heterocycles. The Morgan fingerprint density at radius 3 is 2.74 bits per heavy atom. The first-order valence-corrected chi connectivity index (χ1v) is 9.95. The molecule has 3 rings (SSSR count). The van der Waals surface area contributed by atoms with E-state index in [9.17, 15) is 4.79 Å². The second-order valence-electron chi connectivity index (χ2n) is 7.40. The van der Waals surface area contributed by atoms with E-state index in [1.807, 2.05) is 18.2 Å². The number of rotatable bonds is 10. The third-order valence-corrected chi connectivity index (χ3v) is 5.23. The zero-order valence-electron chi connectivity index (χ0n) is 16.3. The summed E-state index contributed by atoms with van der Waals surface area (Å²) >= 11 is 0. The van der Waals surface area contributed by atoms with Crippen LogP contribution < -0.4 is 11.1 Å². The van der Waals surface area contributed by atoms with Gasteiger partial charge in [0.2, 0.25) is 5.91 Å². The number of nitrogens with one attached hydrogen (secondary N) is 2. The highest BCUT2D eigenvalue weighted by molar-refractivity contribution is 6.04. The summed E-state index contributed by atoms with van der Waals surface area (Å²) in [6, 6.07) is 7.53. The lowest BCUT2D eigenvalue weighted by molar-refractivity contribution is 0.1000. The minimum Gasteiger partial charge on any atom is -0.371 e. The molecular formula is C22H30N4O. The third kappa shape index (κ3) is 4.59. The van der Waals surface area contributed by atoms with Gasteiger partial charge in [-0.1, -0.05) is 19.1 Å². The molecule has 27 heavy (non-hydrogen) atoms. The van der Waals surface area contributed by atoms with Gasteiger partial charge in [0.25, 0.3) is 0 Å². The fourth-order valence-electron chi connectivity index (χ4n) is 3.59. The number of nitrogens with two attached hydrogens (primary N) is 1. The highest BCUT2D eigenvalue weighted by atomic mass is 16.1. The van der Waals surface area contributed by atoms with Crippen molar-refractivity contribution in [2.24, 2.45) is 11.7 Å². The Morgan fingerprint density at radius 2 is 2.11 bits per heavy atom. The highest BCUT2D eigenvalue weighted by Crippen LogP contribution is 2.35. The molecule has 1 amide bonds. The summed E-state index contributed by atoms with van der Waals surface area (Å²) in [4.78, 5) is 11.4. The predicted molar refractivity (Wildman–Crippen MR) is 111 cm³/mol. The molecule has 4 N–H and O–H groups in total. The first-order chi connectivity index (χ1) is 13.0. The molecule has 5 nitrogen and oxygen atoms in total. The van der Waals surface area contributed by atoms with E-state index >= 15 is 0 Å². The van der Waals surface area contributed by atoms with Crippen LogP contribution in [0.3, 0.4) is 0 Å². The van der Waals surface area contributed by atoms with Crippen molar-refractivity contribution >= 4 is 17.4 Å². The van der Waals surface area contributed by atoms with Gasteiger partial charge in [0.15, 0.2) is 0 Å². The molecule has 1 aromatic heterocycles. The lowest BCUT2D eigenvalue weighted by Crippen LogP contribution is -2.13. The van der Waals surface area contributed by atoms with Gasteiger partial charge in [-0.2, -0.15) is 0 Å². The van der Waals surface area contributed by atoms with Crippen molar-refractivity contribution in [1.82, 2.24) is 4.57 Å². The van der Waals surface area contributed by atoms with E-state index in [2.05, 4.69) is 29.9 Å². The summed E-state index contributed by atoms with van der Waals surface area (Å²) in [5.41, 5.74) is 10.1. The number of carbonyl (C=O) groups is 1. The van der Waals surface area contributed by atoms with E-state index < -0.39 is 5.91 Å². The second kappa shape index (κ2) is 8.42. The second-order valence-corrected chi connectivity index (χ2v) is 7.40. The summed E-state index contributed by atoms with van der Waals surface area (Å²) in [5, 5.41) is 12.1. The van der Waals surface area contributed by atoms with Gasteiger partial charge < -0.3 is 21.0 Å². The van der Waals surface area contributed by atoms with Crippen molar-refractivity contribution in [1.29, 1.82) is 5.41 Å². The van der Waals surface area contributed by atoms with Gasteiger partial charge in [-0.25, -0.2) is 0 Å². The summed E-state index contributed by atoms with van der Waals surface area (Å²) in [6.45, 7) is 5.87. The summed E-state index contributed by atoms with van der Waals surface area (Å²) in [6.07, 6.45) is 7.33. The number of aromatic nitrogens is 1. The van der Waals surface area contributed by atoms with Crippen molar-refractivity contribution in [3.05, 3.63) is 52.7 Å². The maximum absolute atomic E-state index is 11.4. The van der Waals surface area contributed by atoms with Gasteiger partial charge in [0, 0.05) is 36.1 Å². The Morgan fingerprint density at radius 1 is 1.33 bits per heavy atom. The number of amides is 1. The zero-order valence-corrected chi connectivity index (χ0v) is 16.3. The molecule has 2 aromatic rings. The number of primary amides is 1. The number of aryl methyl sites for hydroxylation is 3. The molecular weight excluding hydrogens is 336 g/mol. The van der Waals surface area contributed by atoms with Crippen molar-refractivity contribution < 1.29 is 4.79 Å². The molecule has 1 aliphatic carbocycles. The topological polar surface area (TPSA) is 83.9 Å². The Kier molecular flexibility index (Phi) is 5.99. The van der Waals surface area contributed by atoms with Crippen molar-refractivity contribution in [2.45, 2.75) is 52.5 Å². The summed E-state index contributed by atoms with van der Waals surface area (Å²) < 4.78 is 2.23. The van der Waals surface area contributed by atoms with Crippen LogP contribution in [0.4, 0.5) is 5.82 Å². The van der Waals surface area contributed by atoms with Crippen LogP contribution in [-0.2, 0) is 19.4 Å². The SMILES string of the molecule is CCNc1c(C(=N)CC2CC2)c(CC)cn1CCc1cccc(C(N)=O)c1. The van der Waals surface area contributed by atoms with Gasteiger partial charge >= 0.3 is 0 Å². The number of hydrogen-bond acceptors (Lipinski definition) is 3. The molecule has 0 spiro atoms. The number of benzene rings is 1. The first-order valence-electron chi connectivity index (χ1n) is 9.95. The highest BCUT2D eigenvalue weighted by Gasteiger charge is 2.26. The molecule has 5 heteroatoms. The molecule has 1 aliphatic rings. The maximum Gasteiger partial charge on any atom is 0.248 e. The average molecular weight is 367 g/mol. The quantitative estimate of drug-likeness (QED) is 0.556. The molecule has 0 saturated heterocycles. The Hall–Kier alpha value is -2.56. The number of carbonyl (C=O) groups excluding carboxylic acids is 1. The van der Waals surface area contributed by atoms with Crippen LogP contribution in [0.25, 0.3) is 0 Å². The number of anilines is 1. The Bertz CT molecular complexity index is 833. The van der Waals surface area contributed by atoms with Crippen LogP contribution in [0.5, 0.6) is 0 Å². The van der Waals surface area contributed by atoms with Crippen LogP contribution in [-0.4, -0.2) is 22.7 Å². The van der Waals surface area contributed by atoms with Gasteiger partial charge in [-0.15, -0.1) is 0 Å². The van der Waals surface area contributed by atoms with E-state index in [0.29, 0.717) is 11.5 Å². The van der Waals surface area contributed by atoms with E-state index in [4.69, 9.17) is 11.1 Å². The lowest BCUT2D eigenvalue weighted by atomic mass is 10.0. The minimum absolute atomic E-state index is 0.393. The van der Waals surface area contributed by atoms with Crippen LogP contribution in [0, 0.1) is 11.3 Å². The molecule has 0 atom stereocenters. The molecule has 1 saturated carbocycles. The molecule has 0 bridgehead atoms. The minimum atomic E-state index is -0.393. The maximum atomic E-state index is 11.4. The van der Waals surface area contributed by atoms with Crippen molar-refractivity contribution in [3.8, 4) is 0 Å². The van der Waals surface area contributed by atoms with Gasteiger partial charge in [0.05, 0.1) is 0 Å². The van der Waals surface area contributed by atoms with Gasteiger partial charge in [-0.3, -0.25) is 4.79 Å². The predicted octanol–water partition coefficient (Wildman–Crippen LogP) is 3.99. The van der Waals surface area contributed by atoms with Crippen LogP contribution in [0.2, 0.25) is 0 Å². The van der Waals surface area contributed by atoms with E-state index in [-0.39, 0.29) is 0 Å². The number of hydrogen-bond donors (Lipinski definition) is 3. The van der Waals surface area contributed by atoms with E-state index in [1.165, 1.54) is 18.4 Å². The first kappa shape index (κ1) is 19.2. The molecule has 0 aliphatic heterocycles. The zero-order chi connectivity index (χ0) is 19.4. The molecule has 1 aromatic carbocycles. The summed E-state index contributed by atoms with van der Waals surface area (Å²) in [5.74, 6) is 1.37. The lowest BCUT2D eigenvalue weighted by Gasteiger charge is -2.14. The Balaban J connectivity index is 1.83.